The summed E-state index contributed by atoms with van der Waals surface area (Å²) in [5.41, 5.74) is 8.96. The van der Waals surface area contributed by atoms with Crippen LogP contribution in [0.2, 0.25) is 0 Å². The standard InChI is InChI=1S/C25H35N7O/c1-17-15-32-23(28-24(17)30-13-10-19(27)16-30)14-21(29-32)22-8-4-5-12-31(22)25(33)20-7-3-2-6-18(20)9-11-26/h14-15,18-20,22H,2-10,12-13,16,27H2,1H3/t18?,19-,20?,22-/m0/s1. The highest BCUT2D eigenvalue weighted by Gasteiger charge is 2.38. The van der Waals surface area contributed by atoms with Crippen LogP contribution in [-0.2, 0) is 4.79 Å². The molecule has 0 aromatic carbocycles. The third kappa shape index (κ3) is 4.31. The maximum absolute atomic E-state index is 13.7. The van der Waals surface area contributed by atoms with E-state index in [9.17, 15) is 10.1 Å². The van der Waals surface area contributed by atoms with Crippen molar-refractivity contribution in [1.82, 2.24) is 19.5 Å². The zero-order valence-corrected chi connectivity index (χ0v) is 19.6. The minimum atomic E-state index is -0.0256. The molecule has 4 atom stereocenters. The molecule has 4 heterocycles. The van der Waals surface area contributed by atoms with Crippen LogP contribution >= 0.6 is 0 Å². The molecule has 0 radical (unpaired) electrons. The number of carbonyl (C=O) groups excluding carboxylic acids is 1. The first kappa shape index (κ1) is 22.1. The fourth-order valence-corrected chi connectivity index (χ4v) is 6.09. The second-order valence-corrected chi connectivity index (χ2v) is 10.2. The molecule has 5 rings (SSSR count). The van der Waals surface area contributed by atoms with E-state index in [0.29, 0.717) is 6.42 Å². The first-order valence-electron chi connectivity index (χ1n) is 12.6. The molecule has 0 spiro atoms. The molecule has 2 N–H and O–H groups in total. The maximum Gasteiger partial charge on any atom is 0.226 e. The summed E-state index contributed by atoms with van der Waals surface area (Å²) in [6.45, 7) is 4.61. The minimum Gasteiger partial charge on any atom is -0.355 e. The molecular weight excluding hydrogens is 414 g/mol. The summed E-state index contributed by atoms with van der Waals surface area (Å²) < 4.78 is 1.86. The van der Waals surface area contributed by atoms with E-state index in [0.717, 1.165) is 93.7 Å². The monoisotopic (exact) mass is 449 g/mol. The number of hydrogen-bond acceptors (Lipinski definition) is 6. The largest absolute Gasteiger partial charge is 0.355 e. The summed E-state index contributed by atoms with van der Waals surface area (Å²) in [5, 5.41) is 14.1. The average Bonchev–Trinajstić information content (AvgIpc) is 3.44. The Balaban J connectivity index is 1.42. The Hall–Kier alpha value is -2.66. The van der Waals surface area contributed by atoms with Gasteiger partial charge in [-0.2, -0.15) is 10.4 Å². The van der Waals surface area contributed by atoms with E-state index < -0.39 is 0 Å². The molecule has 1 aliphatic carbocycles. The van der Waals surface area contributed by atoms with Gasteiger partial charge >= 0.3 is 0 Å². The van der Waals surface area contributed by atoms with Crippen molar-refractivity contribution >= 4 is 17.4 Å². The van der Waals surface area contributed by atoms with Crippen LogP contribution in [0.5, 0.6) is 0 Å². The van der Waals surface area contributed by atoms with E-state index in [4.69, 9.17) is 15.8 Å². The van der Waals surface area contributed by atoms with Crippen LogP contribution in [0.4, 0.5) is 5.82 Å². The fraction of sp³-hybridized carbons (Fsp3) is 0.680. The number of fused-ring (bicyclic) bond motifs is 1. The Labute approximate surface area is 195 Å². The van der Waals surface area contributed by atoms with E-state index in [-0.39, 0.29) is 29.8 Å². The van der Waals surface area contributed by atoms with Crippen molar-refractivity contribution in [2.45, 2.75) is 76.8 Å². The molecule has 2 aromatic rings. The molecule has 8 heteroatoms. The molecule has 8 nitrogen and oxygen atoms in total. The Kier molecular flexibility index (Phi) is 6.24. The van der Waals surface area contributed by atoms with Crippen molar-refractivity contribution in [3.05, 3.63) is 23.5 Å². The van der Waals surface area contributed by atoms with Gasteiger partial charge in [0, 0.05) is 55.8 Å². The molecule has 3 fully saturated rings. The van der Waals surface area contributed by atoms with Crippen LogP contribution < -0.4 is 10.6 Å². The van der Waals surface area contributed by atoms with Gasteiger partial charge in [0.2, 0.25) is 5.91 Å². The molecule has 33 heavy (non-hydrogen) atoms. The number of anilines is 1. The van der Waals surface area contributed by atoms with Gasteiger partial charge in [-0.3, -0.25) is 4.79 Å². The van der Waals surface area contributed by atoms with Gasteiger partial charge in [0.1, 0.15) is 5.82 Å². The molecule has 3 aliphatic rings. The fourth-order valence-electron chi connectivity index (χ4n) is 6.09. The van der Waals surface area contributed by atoms with Crippen LogP contribution in [0, 0.1) is 30.1 Å². The lowest BCUT2D eigenvalue weighted by Crippen LogP contribution is -2.44. The Morgan fingerprint density at radius 2 is 2.00 bits per heavy atom. The Bertz CT molecular complexity index is 1060. The number of piperidine rings is 1. The van der Waals surface area contributed by atoms with Crippen molar-refractivity contribution in [1.29, 1.82) is 5.26 Å². The summed E-state index contributed by atoms with van der Waals surface area (Å²) in [4.78, 5) is 23.0. The van der Waals surface area contributed by atoms with Crippen LogP contribution in [0.1, 0.15) is 75.1 Å². The smallest absolute Gasteiger partial charge is 0.226 e. The van der Waals surface area contributed by atoms with E-state index in [2.05, 4.69) is 28.9 Å². The molecule has 0 bridgehead atoms. The summed E-state index contributed by atoms with van der Waals surface area (Å²) in [6.07, 6.45) is 10.7. The molecule has 1 saturated carbocycles. The topological polar surface area (TPSA) is 104 Å². The number of amides is 1. The summed E-state index contributed by atoms with van der Waals surface area (Å²) in [5.74, 6) is 1.38. The summed E-state index contributed by atoms with van der Waals surface area (Å²) >= 11 is 0. The van der Waals surface area contributed by atoms with Gasteiger partial charge in [0.05, 0.1) is 17.8 Å². The lowest BCUT2D eigenvalue weighted by molar-refractivity contribution is -0.142. The molecule has 2 saturated heterocycles. The minimum absolute atomic E-state index is 0.0124. The van der Waals surface area contributed by atoms with Gasteiger partial charge in [0.15, 0.2) is 5.65 Å². The predicted octanol–water partition coefficient (Wildman–Crippen LogP) is 3.35. The van der Waals surface area contributed by atoms with Gasteiger partial charge in [-0.25, -0.2) is 9.50 Å². The SMILES string of the molecule is Cc1cn2nc([C@@H]3CCCCN3C(=O)C3CCCCC3CC#N)cc2nc1N1CC[C@H](N)C1. The van der Waals surface area contributed by atoms with E-state index in [1.807, 2.05) is 10.7 Å². The maximum atomic E-state index is 13.7. The zero-order valence-electron chi connectivity index (χ0n) is 19.6. The number of aryl methyl sites for hydroxylation is 1. The number of aromatic nitrogens is 3. The van der Waals surface area contributed by atoms with Gasteiger partial charge < -0.3 is 15.5 Å². The lowest BCUT2D eigenvalue weighted by atomic mass is 9.76. The second kappa shape index (κ2) is 9.30. The highest BCUT2D eigenvalue weighted by molar-refractivity contribution is 5.80. The number of rotatable bonds is 4. The molecule has 176 valence electrons. The van der Waals surface area contributed by atoms with Crippen molar-refractivity contribution in [3.63, 3.8) is 0 Å². The lowest BCUT2D eigenvalue weighted by Gasteiger charge is -2.39. The highest BCUT2D eigenvalue weighted by atomic mass is 16.2. The third-order valence-corrected chi connectivity index (χ3v) is 7.86. The van der Waals surface area contributed by atoms with Crippen LogP contribution in [0.25, 0.3) is 5.65 Å². The molecule has 2 aromatic heterocycles. The number of hydrogen-bond donors (Lipinski definition) is 1. The van der Waals surface area contributed by atoms with Gasteiger partial charge in [0.25, 0.3) is 0 Å². The van der Waals surface area contributed by atoms with Crippen LogP contribution in [0.15, 0.2) is 12.3 Å². The van der Waals surface area contributed by atoms with Crippen molar-refractivity contribution in [3.8, 4) is 6.07 Å². The third-order valence-electron chi connectivity index (χ3n) is 7.86. The zero-order chi connectivity index (χ0) is 22.9. The molecule has 2 unspecified atom stereocenters. The van der Waals surface area contributed by atoms with E-state index in [1.54, 1.807) is 0 Å². The quantitative estimate of drug-likeness (QED) is 0.768. The van der Waals surface area contributed by atoms with Crippen molar-refractivity contribution in [2.75, 3.05) is 24.5 Å². The summed E-state index contributed by atoms with van der Waals surface area (Å²) in [6, 6.07) is 4.56. The van der Waals surface area contributed by atoms with E-state index in [1.165, 1.54) is 0 Å². The first-order valence-corrected chi connectivity index (χ1v) is 12.6. The molecular formula is C25H35N7O. The van der Waals surface area contributed by atoms with Gasteiger partial charge in [-0.1, -0.05) is 12.8 Å². The Morgan fingerprint density at radius 1 is 1.18 bits per heavy atom. The summed E-state index contributed by atoms with van der Waals surface area (Å²) in [7, 11) is 0. The highest BCUT2D eigenvalue weighted by Crippen LogP contribution is 2.38. The number of likely N-dealkylation sites (tertiary alicyclic amines) is 1. The van der Waals surface area contributed by atoms with Gasteiger partial charge in [-0.05, 0) is 51.4 Å². The Morgan fingerprint density at radius 3 is 2.79 bits per heavy atom. The van der Waals surface area contributed by atoms with E-state index >= 15 is 0 Å². The molecule has 2 aliphatic heterocycles. The predicted molar refractivity (Wildman–Crippen MR) is 127 cm³/mol. The van der Waals surface area contributed by atoms with Crippen LogP contribution in [0.3, 0.4) is 0 Å². The first-order chi connectivity index (χ1) is 16.0. The van der Waals surface area contributed by atoms with Crippen LogP contribution in [-0.4, -0.2) is 51.1 Å². The second-order valence-electron chi connectivity index (χ2n) is 10.2. The number of nitrogens with zero attached hydrogens (tertiary/aromatic N) is 6. The van der Waals surface area contributed by atoms with Crippen molar-refractivity contribution < 1.29 is 4.79 Å². The molecule has 1 amide bonds. The number of nitriles is 1. The van der Waals surface area contributed by atoms with Crippen molar-refractivity contribution in [2.24, 2.45) is 17.6 Å². The number of carbonyl (C=O) groups is 1. The normalized spacial score (nSPS) is 28.3. The average molecular weight is 450 g/mol. The number of nitrogens with two attached hydrogens (primary N) is 1. The van der Waals surface area contributed by atoms with Gasteiger partial charge in [-0.15, -0.1) is 0 Å².